The van der Waals surface area contributed by atoms with E-state index in [9.17, 15) is 4.79 Å². The molecule has 2 rings (SSSR count). The van der Waals surface area contributed by atoms with Crippen molar-refractivity contribution in [3.8, 4) is 0 Å². The lowest BCUT2D eigenvalue weighted by Crippen LogP contribution is -2.17. The molecular weight excluding hydrogens is 216 g/mol. The summed E-state index contributed by atoms with van der Waals surface area (Å²) < 4.78 is 10.3. The minimum atomic E-state index is -0.155. The standard InChI is InChI=1S/C14H16O3/c1-3-10(14(15)16-2)8-11-9-17-13-7-5-4-6-12(11)13/h4-7,9-10H,3,8H2,1-2H3. The molecule has 1 aromatic carbocycles. The summed E-state index contributed by atoms with van der Waals surface area (Å²) in [7, 11) is 1.43. The Morgan fingerprint density at radius 1 is 1.41 bits per heavy atom. The van der Waals surface area contributed by atoms with Gasteiger partial charge in [-0.05, 0) is 24.5 Å². The van der Waals surface area contributed by atoms with Crippen molar-refractivity contribution in [1.29, 1.82) is 0 Å². The molecule has 2 aromatic rings. The lowest BCUT2D eigenvalue weighted by Gasteiger charge is -2.10. The third-order valence-electron chi connectivity index (χ3n) is 3.05. The van der Waals surface area contributed by atoms with Crippen LogP contribution in [0.2, 0.25) is 0 Å². The number of benzene rings is 1. The summed E-state index contributed by atoms with van der Waals surface area (Å²) in [4.78, 5) is 11.6. The van der Waals surface area contributed by atoms with Gasteiger partial charge in [0.15, 0.2) is 0 Å². The molecule has 0 fully saturated rings. The van der Waals surface area contributed by atoms with E-state index in [0.717, 1.165) is 23.0 Å². The normalized spacial score (nSPS) is 12.6. The average Bonchev–Trinajstić information content (AvgIpc) is 2.78. The van der Waals surface area contributed by atoms with E-state index in [0.29, 0.717) is 6.42 Å². The van der Waals surface area contributed by atoms with Crippen LogP contribution in [0, 0.1) is 5.92 Å². The molecule has 0 aliphatic rings. The number of esters is 1. The van der Waals surface area contributed by atoms with E-state index in [2.05, 4.69) is 0 Å². The van der Waals surface area contributed by atoms with Gasteiger partial charge in [0.2, 0.25) is 0 Å². The molecule has 17 heavy (non-hydrogen) atoms. The lowest BCUT2D eigenvalue weighted by atomic mass is 9.97. The first-order chi connectivity index (χ1) is 8.26. The summed E-state index contributed by atoms with van der Waals surface area (Å²) >= 11 is 0. The molecule has 1 heterocycles. The van der Waals surface area contributed by atoms with Gasteiger partial charge >= 0.3 is 5.97 Å². The number of carbonyl (C=O) groups excluding carboxylic acids is 1. The Morgan fingerprint density at radius 3 is 2.88 bits per heavy atom. The Labute approximate surface area is 100 Å². The molecule has 0 amide bonds. The summed E-state index contributed by atoms with van der Waals surface area (Å²) in [6.45, 7) is 1.99. The van der Waals surface area contributed by atoms with Gasteiger partial charge in [0, 0.05) is 5.39 Å². The number of para-hydroxylation sites is 1. The molecule has 0 radical (unpaired) electrons. The lowest BCUT2D eigenvalue weighted by molar-refractivity contribution is -0.145. The van der Waals surface area contributed by atoms with Crippen molar-refractivity contribution in [2.24, 2.45) is 5.92 Å². The maximum absolute atomic E-state index is 11.6. The van der Waals surface area contributed by atoms with Crippen molar-refractivity contribution in [2.45, 2.75) is 19.8 Å². The Kier molecular flexibility index (Phi) is 3.47. The molecule has 3 heteroatoms. The van der Waals surface area contributed by atoms with E-state index in [1.807, 2.05) is 31.2 Å². The van der Waals surface area contributed by atoms with E-state index in [1.165, 1.54) is 7.11 Å². The number of hydrogen-bond acceptors (Lipinski definition) is 3. The minimum Gasteiger partial charge on any atom is -0.469 e. The van der Waals surface area contributed by atoms with Crippen molar-refractivity contribution in [3.05, 3.63) is 36.1 Å². The Bertz CT molecular complexity index is 513. The van der Waals surface area contributed by atoms with Crippen LogP contribution in [0.25, 0.3) is 11.0 Å². The van der Waals surface area contributed by atoms with Crippen molar-refractivity contribution >= 4 is 16.9 Å². The Hall–Kier alpha value is -1.77. The Balaban J connectivity index is 2.25. The highest BCUT2D eigenvalue weighted by Gasteiger charge is 2.19. The summed E-state index contributed by atoms with van der Waals surface area (Å²) in [6.07, 6.45) is 3.17. The number of fused-ring (bicyclic) bond motifs is 1. The summed E-state index contributed by atoms with van der Waals surface area (Å²) in [6, 6.07) is 7.85. The second-order valence-electron chi connectivity index (χ2n) is 4.09. The zero-order valence-electron chi connectivity index (χ0n) is 10.1. The minimum absolute atomic E-state index is 0.0963. The van der Waals surface area contributed by atoms with Crippen molar-refractivity contribution in [1.82, 2.24) is 0 Å². The molecule has 0 saturated carbocycles. The number of methoxy groups -OCH3 is 1. The first kappa shape index (κ1) is 11.7. The molecule has 0 bridgehead atoms. The van der Waals surface area contributed by atoms with Crippen LogP contribution in [0.1, 0.15) is 18.9 Å². The van der Waals surface area contributed by atoms with Crippen molar-refractivity contribution in [3.63, 3.8) is 0 Å². The zero-order chi connectivity index (χ0) is 12.3. The molecule has 0 N–H and O–H groups in total. The van der Waals surface area contributed by atoms with Gasteiger partial charge in [-0.25, -0.2) is 0 Å². The summed E-state index contributed by atoms with van der Waals surface area (Å²) in [5.41, 5.74) is 1.93. The number of carbonyl (C=O) groups is 1. The maximum atomic E-state index is 11.6. The number of ether oxygens (including phenoxy) is 1. The number of hydrogen-bond donors (Lipinski definition) is 0. The van der Waals surface area contributed by atoms with Gasteiger partial charge in [-0.2, -0.15) is 0 Å². The molecule has 1 atom stereocenters. The van der Waals surface area contributed by atoms with Crippen LogP contribution in [-0.4, -0.2) is 13.1 Å². The molecule has 0 spiro atoms. The highest BCUT2D eigenvalue weighted by Crippen LogP contribution is 2.24. The third kappa shape index (κ3) is 2.33. The molecule has 0 aliphatic heterocycles. The molecular formula is C14H16O3. The second kappa shape index (κ2) is 5.04. The third-order valence-corrected chi connectivity index (χ3v) is 3.05. The van der Waals surface area contributed by atoms with Gasteiger partial charge < -0.3 is 9.15 Å². The number of furan rings is 1. The number of rotatable bonds is 4. The van der Waals surface area contributed by atoms with Crippen LogP contribution in [-0.2, 0) is 16.0 Å². The van der Waals surface area contributed by atoms with E-state index >= 15 is 0 Å². The topological polar surface area (TPSA) is 39.4 Å². The van der Waals surface area contributed by atoms with Crippen LogP contribution in [0.4, 0.5) is 0 Å². The fourth-order valence-corrected chi connectivity index (χ4v) is 2.02. The van der Waals surface area contributed by atoms with Gasteiger partial charge in [0.25, 0.3) is 0 Å². The van der Waals surface area contributed by atoms with Crippen LogP contribution < -0.4 is 0 Å². The molecule has 0 saturated heterocycles. The van der Waals surface area contributed by atoms with Gasteiger partial charge in [0.1, 0.15) is 5.58 Å². The van der Waals surface area contributed by atoms with Crippen molar-refractivity contribution < 1.29 is 13.9 Å². The SMILES string of the molecule is CCC(Cc1coc2ccccc12)C(=O)OC. The van der Waals surface area contributed by atoms with Gasteiger partial charge in [-0.3, -0.25) is 4.79 Å². The van der Waals surface area contributed by atoms with Gasteiger partial charge in [-0.15, -0.1) is 0 Å². The van der Waals surface area contributed by atoms with Gasteiger partial charge in [0.05, 0.1) is 19.3 Å². The highest BCUT2D eigenvalue weighted by atomic mass is 16.5. The summed E-state index contributed by atoms with van der Waals surface area (Å²) in [5.74, 6) is -0.251. The maximum Gasteiger partial charge on any atom is 0.308 e. The molecule has 0 aliphatic carbocycles. The molecule has 1 unspecified atom stereocenters. The van der Waals surface area contributed by atoms with Gasteiger partial charge in [-0.1, -0.05) is 25.1 Å². The predicted octanol–water partition coefficient (Wildman–Crippen LogP) is 3.17. The van der Waals surface area contributed by atoms with E-state index < -0.39 is 0 Å². The highest BCUT2D eigenvalue weighted by molar-refractivity contribution is 5.82. The fraction of sp³-hybridized carbons (Fsp3) is 0.357. The quantitative estimate of drug-likeness (QED) is 0.760. The van der Waals surface area contributed by atoms with Crippen LogP contribution in [0.15, 0.2) is 34.9 Å². The Morgan fingerprint density at radius 2 is 2.18 bits per heavy atom. The van der Waals surface area contributed by atoms with E-state index in [1.54, 1.807) is 6.26 Å². The smallest absolute Gasteiger partial charge is 0.308 e. The summed E-state index contributed by atoms with van der Waals surface area (Å²) in [5, 5.41) is 1.08. The second-order valence-corrected chi connectivity index (χ2v) is 4.09. The van der Waals surface area contributed by atoms with E-state index in [-0.39, 0.29) is 11.9 Å². The monoisotopic (exact) mass is 232 g/mol. The molecule has 1 aromatic heterocycles. The predicted molar refractivity (Wildman–Crippen MR) is 65.7 cm³/mol. The van der Waals surface area contributed by atoms with Crippen LogP contribution in [0.3, 0.4) is 0 Å². The average molecular weight is 232 g/mol. The zero-order valence-corrected chi connectivity index (χ0v) is 10.1. The first-order valence-corrected chi connectivity index (χ1v) is 5.79. The largest absolute Gasteiger partial charge is 0.469 e. The van der Waals surface area contributed by atoms with E-state index in [4.69, 9.17) is 9.15 Å². The van der Waals surface area contributed by atoms with Crippen LogP contribution in [0.5, 0.6) is 0 Å². The van der Waals surface area contributed by atoms with Crippen LogP contribution >= 0.6 is 0 Å². The molecule has 90 valence electrons. The molecule has 3 nitrogen and oxygen atoms in total. The fourth-order valence-electron chi connectivity index (χ4n) is 2.02. The van der Waals surface area contributed by atoms with Crippen molar-refractivity contribution in [2.75, 3.05) is 7.11 Å². The first-order valence-electron chi connectivity index (χ1n) is 5.79.